The van der Waals surface area contributed by atoms with E-state index in [2.05, 4.69) is 10.3 Å². The van der Waals surface area contributed by atoms with Gasteiger partial charge in [0.05, 0.1) is 16.5 Å². The van der Waals surface area contributed by atoms with Gasteiger partial charge in [0.1, 0.15) is 5.82 Å². The van der Waals surface area contributed by atoms with Crippen molar-refractivity contribution in [2.24, 2.45) is 0 Å². The minimum Gasteiger partial charge on any atom is -0.452 e. The van der Waals surface area contributed by atoms with E-state index in [0.29, 0.717) is 23.1 Å². The van der Waals surface area contributed by atoms with E-state index in [4.69, 9.17) is 4.74 Å². The molecule has 2 heterocycles. The van der Waals surface area contributed by atoms with Crippen LogP contribution in [0.2, 0.25) is 0 Å². The van der Waals surface area contributed by atoms with Gasteiger partial charge in [-0.05, 0) is 43.2 Å². The molecule has 29 heavy (non-hydrogen) atoms. The Morgan fingerprint density at radius 3 is 2.72 bits per heavy atom. The highest BCUT2D eigenvalue weighted by molar-refractivity contribution is 5.97. The van der Waals surface area contributed by atoms with Crippen molar-refractivity contribution in [3.63, 3.8) is 0 Å². The Morgan fingerprint density at radius 2 is 1.90 bits per heavy atom. The van der Waals surface area contributed by atoms with Gasteiger partial charge < -0.3 is 10.1 Å². The van der Waals surface area contributed by atoms with Crippen molar-refractivity contribution >= 4 is 28.5 Å². The average Bonchev–Trinajstić information content (AvgIpc) is 2.98. The van der Waals surface area contributed by atoms with Gasteiger partial charge in [-0.15, -0.1) is 0 Å². The lowest BCUT2D eigenvalue weighted by Gasteiger charge is -2.11. The normalized spacial score (nSPS) is 13.4. The monoisotopic (exact) mass is 391 g/mol. The van der Waals surface area contributed by atoms with E-state index in [1.165, 1.54) is 6.07 Å². The van der Waals surface area contributed by atoms with E-state index in [0.717, 1.165) is 31.5 Å². The van der Waals surface area contributed by atoms with Gasteiger partial charge >= 0.3 is 5.97 Å². The van der Waals surface area contributed by atoms with Crippen LogP contribution in [0, 0.1) is 0 Å². The first-order valence-corrected chi connectivity index (χ1v) is 9.67. The van der Waals surface area contributed by atoms with E-state index < -0.39 is 18.5 Å². The number of hydrogen-bond acceptors (Lipinski definition) is 5. The Balaban J connectivity index is 1.49. The molecule has 0 unspecified atom stereocenters. The highest BCUT2D eigenvalue weighted by atomic mass is 16.5. The van der Waals surface area contributed by atoms with Gasteiger partial charge in [-0.25, -0.2) is 9.78 Å². The number of nitrogens with zero attached hydrogens (tertiary/aromatic N) is 2. The lowest BCUT2D eigenvalue weighted by molar-refractivity contribution is -0.119. The van der Waals surface area contributed by atoms with Gasteiger partial charge in [-0.2, -0.15) is 0 Å². The van der Waals surface area contributed by atoms with Gasteiger partial charge in [0.25, 0.3) is 11.5 Å². The van der Waals surface area contributed by atoms with Crippen molar-refractivity contribution in [2.45, 2.75) is 32.2 Å². The summed E-state index contributed by atoms with van der Waals surface area (Å²) in [6.45, 7) is 0.281. The van der Waals surface area contributed by atoms with Crippen LogP contribution in [0.4, 0.5) is 5.69 Å². The summed E-state index contributed by atoms with van der Waals surface area (Å²) in [5.74, 6) is -0.299. The molecule has 0 fully saturated rings. The predicted octanol–water partition coefficient (Wildman–Crippen LogP) is 2.92. The molecule has 0 saturated carbocycles. The molecule has 1 aliphatic heterocycles. The number of rotatable bonds is 4. The van der Waals surface area contributed by atoms with Crippen LogP contribution in [0.15, 0.2) is 53.3 Å². The molecule has 0 aliphatic carbocycles. The lowest BCUT2D eigenvalue weighted by Crippen LogP contribution is -2.25. The van der Waals surface area contributed by atoms with Crippen LogP contribution in [-0.4, -0.2) is 28.0 Å². The number of fused-ring (bicyclic) bond motifs is 2. The predicted molar refractivity (Wildman–Crippen MR) is 109 cm³/mol. The highest BCUT2D eigenvalue weighted by Crippen LogP contribution is 2.17. The molecule has 1 aliphatic rings. The third-order valence-corrected chi connectivity index (χ3v) is 4.94. The van der Waals surface area contributed by atoms with Gasteiger partial charge in [0.2, 0.25) is 0 Å². The Bertz CT molecular complexity index is 1120. The molecule has 1 N–H and O–H groups in total. The Labute approximate surface area is 167 Å². The first kappa shape index (κ1) is 18.9. The van der Waals surface area contributed by atoms with Gasteiger partial charge in [-0.3, -0.25) is 14.2 Å². The van der Waals surface area contributed by atoms with E-state index in [1.807, 2.05) is 6.07 Å². The number of carbonyl (C=O) groups is 2. The minimum atomic E-state index is -0.632. The zero-order valence-electron chi connectivity index (χ0n) is 15.9. The van der Waals surface area contributed by atoms with E-state index >= 15 is 0 Å². The summed E-state index contributed by atoms with van der Waals surface area (Å²) in [6, 6.07) is 13.6. The maximum atomic E-state index is 12.7. The highest BCUT2D eigenvalue weighted by Gasteiger charge is 2.16. The Kier molecular flexibility index (Phi) is 5.37. The molecule has 7 nitrogen and oxygen atoms in total. The van der Waals surface area contributed by atoms with E-state index in [1.54, 1.807) is 41.0 Å². The number of nitrogens with one attached hydrogen (secondary N) is 1. The number of aromatic nitrogens is 2. The molecule has 1 aromatic heterocycles. The quantitative estimate of drug-likeness (QED) is 0.691. The molecule has 0 atom stereocenters. The molecule has 148 valence electrons. The summed E-state index contributed by atoms with van der Waals surface area (Å²) in [4.78, 5) is 41.7. The van der Waals surface area contributed by atoms with Crippen molar-refractivity contribution in [2.75, 3.05) is 11.9 Å². The summed E-state index contributed by atoms with van der Waals surface area (Å²) >= 11 is 0. The lowest BCUT2D eigenvalue weighted by atomic mass is 10.1. The first-order chi connectivity index (χ1) is 14.1. The molecular weight excluding hydrogens is 370 g/mol. The number of esters is 1. The van der Waals surface area contributed by atoms with Crippen molar-refractivity contribution in [3.8, 4) is 0 Å². The van der Waals surface area contributed by atoms with Crippen LogP contribution in [-0.2, 0) is 22.5 Å². The molecule has 0 bridgehead atoms. The second kappa shape index (κ2) is 8.26. The maximum Gasteiger partial charge on any atom is 0.338 e. The zero-order chi connectivity index (χ0) is 20.2. The number of ether oxygens (including phenoxy) is 1. The summed E-state index contributed by atoms with van der Waals surface area (Å²) in [7, 11) is 0. The number of benzene rings is 2. The van der Waals surface area contributed by atoms with Gasteiger partial charge in [0.15, 0.2) is 6.61 Å². The van der Waals surface area contributed by atoms with Crippen molar-refractivity contribution < 1.29 is 14.3 Å². The largest absolute Gasteiger partial charge is 0.452 e. The number of para-hydroxylation sites is 1. The zero-order valence-corrected chi connectivity index (χ0v) is 15.9. The fraction of sp³-hybridized carbons (Fsp3) is 0.273. The number of hydrogen-bond donors (Lipinski definition) is 1. The molecule has 2 aromatic carbocycles. The topological polar surface area (TPSA) is 90.3 Å². The SMILES string of the molecule is O=C(COC(=O)c1ccc2c(=O)n3c(nc2c1)CCCCC3)Nc1ccccc1. The summed E-state index contributed by atoms with van der Waals surface area (Å²) in [5.41, 5.74) is 1.29. The molecule has 0 spiro atoms. The second-order valence-corrected chi connectivity index (χ2v) is 7.02. The molecule has 7 heteroatoms. The van der Waals surface area contributed by atoms with Crippen LogP contribution < -0.4 is 10.9 Å². The Morgan fingerprint density at radius 1 is 1.07 bits per heavy atom. The van der Waals surface area contributed by atoms with Crippen molar-refractivity contribution in [1.82, 2.24) is 9.55 Å². The molecule has 0 saturated heterocycles. The third kappa shape index (κ3) is 4.18. The summed E-state index contributed by atoms with van der Waals surface area (Å²) < 4.78 is 6.85. The summed E-state index contributed by atoms with van der Waals surface area (Å²) in [5, 5.41) is 3.13. The van der Waals surface area contributed by atoms with Crippen LogP contribution in [0.25, 0.3) is 10.9 Å². The second-order valence-electron chi connectivity index (χ2n) is 7.02. The van der Waals surface area contributed by atoms with E-state index in [-0.39, 0.29) is 11.1 Å². The fourth-order valence-electron chi connectivity index (χ4n) is 3.48. The molecule has 4 rings (SSSR count). The van der Waals surface area contributed by atoms with Crippen LogP contribution >= 0.6 is 0 Å². The van der Waals surface area contributed by atoms with Gasteiger partial charge in [0, 0.05) is 18.7 Å². The number of amides is 1. The van der Waals surface area contributed by atoms with Crippen LogP contribution in [0.3, 0.4) is 0 Å². The third-order valence-electron chi connectivity index (χ3n) is 4.94. The summed E-state index contributed by atoms with van der Waals surface area (Å²) in [6.07, 6.45) is 3.78. The average molecular weight is 391 g/mol. The molecular formula is C22H21N3O4. The van der Waals surface area contributed by atoms with Crippen molar-refractivity contribution in [1.29, 1.82) is 0 Å². The smallest absolute Gasteiger partial charge is 0.338 e. The molecule has 3 aromatic rings. The Hall–Kier alpha value is -3.48. The molecule has 0 radical (unpaired) electrons. The standard InChI is InChI=1S/C22H21N3O4/c26-20(23-16-7-3-1-4-8-16)14-29-22(28)15-10-11-17-18(13-15)24-19-9-5-2-6-12-25(19)21(17)27/h1,3-4,7-8,10-11,13H,2,5-6,9,12,14H2,(H,23,26). The maximum absolute atomic E-state index is 12.7. The van der Waals surface area contributed by atoms with Gasteiger partial charge in [-0.1, -0.05) is 24.6 Å². The van der Waals surface area contributed by atoms with Crippen LogP contribution in [0.1, 0.15) is 35.4 Å². The number of aryl methyl sites for hydroxylation is 1. The number of anilines is 1. The molecule has 1 amide bonds. The minimum absolute atomic E-state index is 0.0749. The first-order valence-electron chi connectivity index (χ1n) is 9.67. The van der Waals surface area contributed by atoms with E-state index in [9.17, 15) is 14.4 Å². The van der Waals surface area contributed by atoms with Crippen LogP contribution in [0.5, 0.6) is 0 Å². The van der Waals surface area contributed by atoms with Crippen molar-refractivity contribution in [3.05, 3.63) is 70.3 Å². The fourth-order valence-corrected chi connectivity index (χ4v) is 3.48. The number of carbonyl (C=O) groups excluding carboxylic acids is 2.